The second kappa shape index (κ2) is 8.72. The van der Waals surface area contributed by atoms with Gasteiger partial charge in [-0.2, -0.15) is 0 Å². The molecule has 3 amide bonds. The molecule has 152 valence electrons. The fraction of sp³-hybridized carbons (Fsp3) is 0.286. The van der Waals surface area contributed by atoms with Crippen molar-refractivity contribution >= 4 is 29.1 Å². The van der Waals surface area contributed by atoms with Gasteiger partial charge in [0.1, 0.15) is 18.1 Å². The van der Waals surface area contributed by atoms with E-state index < -0.39 is 17.6 Å². The maximum atomic E-state index is 13.3. The number of carbonyl (C=O) groups is 3. The molecule has 0 aliphatic carbocycles. The zero-order valence-electron chi connectivity index (χ0n) is 16.3. The molecule has 7 nitrogen and oxygen atoms in total. The van der Waals surface area contributed by atoms with Gasteiger partial charge in [0, 0.05) is 24.3 Å². The maximum absolute atomic E-state index is 13.3. The van der Waals surface area contributed by atoms with E-state index in [-0.39, 0.29) is 19.1 Å². The highest BCUT2D eigenvalue weighted by Gasteiger charge is 2.29. The van der Waals surface area contributed by atoms with E-state index in [9.17, 15) is 18.8 Å². The molecular weight excluding hydrogens is 377 g/mol. The molecule has 2 aromatic rings. The predicted molar refractivity (Wildman–Crippen MR) is 107 cm³/mol. The first-order chi connectivity index (χ1) is 13.9. The van der Waals surface area contributed by atoms with Crippen molar-refractivity contribution in [3.05, 3.63) is 53.8 Å². The average molecular weight is 399 g/mol. The summed E-state index contributed by atoms with van der Waals surface area (Å²) >= 11 is 0. The van der Waals surface area contributed by atoms with Crippen LogP contribution in [0.1, 0.15) is 24.2 Å². The molecule has 1 heterocycles. The molecule has 29 heavy (non-hydrogen) atoms. The predicted octanol–water partition coefficient (Wildman–Crippen LogP) is 2.67. The van der Waals surface area contributed by atoms with Crippen LogP contribution in [0, 0.1) is 5.82 Å². The van der Waals surface area contributed by atoms with Gasteiger partial charge in [-0.15, -0.1) is 0 Å². The number of hydrogen-bond donors (Lipinski definition) is 1. The summed E-state index contributed by atoms with van der Waals surface area (Å²) in [7, 11) is 0. The van der Waals surface area contributed by atoms with E-state index >= 15 is 0 Å². The molecule has 0 spiro atoms. The van der Waals surface area contributed by atoms with Crippen molar-refractivity contribution in [3.8, 4) is 5.75 Å². The highest BCUT2D eigenvalue weighted by molar-refractivity contribution is 6.06. The van der Waals surface area contributed by atoms with Crippen molar-refractivity contribution in [1.82, 2.24) is 4.90 Å². The Morgan fingerprint density at radius 2 is 1.93 bits per heavy atom. The van der Waals surface area contributed by atoms with Crippen molar-refractivity contribution in [2.24, 2.45) is 0 Å². The number of fused-ring (bicyclic) bond motifs is 1. The molecule has 3 rings (SSSR count). The Morgan fingerprint density at radius 3 is 2.62 bits per heavy atom. The third-order valence-electron chi connectivity index (χ3n) is 4.61. The van der Waals surface area contributed by atoms with E-state index in [2.05, 4.69) is 5.32 Å². The molecule has 0 bridgehead atoms. The van der Waals surface area contributed by atoms with Crippen molar-refractivity contribution < 1.29 is 23.5 Å². The number of amides is 3. The van der Waals surface area contributed by atoms with Gasteiger partial charge in [-0.25, -0.2) is 4.39 Å². The summed E-state index contributed by atoms with van der Waals surface area (Å²) in [6.07, 6.45) is 0. The van der Waals surface area contributed by atoms with Gasteiger partial charge in [-0.05, 0) is 50.2 Å². The average Bonchev–Trinajstić information content (AvgIpc) is 2.70. The van der Waals surface area contributed by atoms with Crippen molar-refractivity contribution in [2.45, 2.75) is 13.8 Å². The molecule has 0 saturated heterocycles. The van der Waals surface area contributed by atoms with E-state index in [0.717, 1.165) is 0 Å². The first-order valence-corrected chi connectivity index (χ1v) is 9.34. The summed E-state index contributed by atoms with van der Waals surface area (Å²) in [5, 5.41) is 2.57. The molecule has 0 fully saturated rings. The Labute approximate surface area is 168 Å². The van der Waals surface area contributed by atoms with Gasteiger partial charge in [-0.3, -0.25) is 19.3 Å². The summed E-state index contributed by atoms with van der Waals surface area (Å²) in [4.78, 5) is 40.4. The lowest BCUT2D eigenvalue weighted by molar-refractivity contribution is -0.123. The highest BCUT2D eigenvalue weighted by atomic mass is 19.1. The van der Waals surface area contributed by atoms with Gasteiger partial charge in [0.25, 0.3) is 11.8 Å². The van der Waals surface area contributed by atoms with Crippen LogP contribution in [0.4, 0.5) is 15.8 Å². The Hall–Kier alpha value is -3.42. The van der Waals surface area contributed by atoms with E-state index in [1.54, 1.807) is 29.2 Å². The minimum atomic E-state index is -0.489. The molecule has 0 aromatic heterocycles. The number of anilines is 2. The van der Waals surface area contributed by atoms with Crippen LogP contribution < -0.4 is 15.0 Å². The molecule has 1 N–H and O–H groups in total. The molecule has 1 aliphatic rings. The third-order valence-corrected chi connectivity index (χ3v) is 4.61. The van der Waals surface area contributed by atoms with Crippen LogP contribution >= 0.6 is 0 Å². The van der Waals surface area contributed by atoms with Crippen LogP contribution in [0.3, 0.4) is 0 Å². The number of nitrogens with one attached hydrogen (secondary N) is 1. The second-order valence-corrected chi connectivity index (χ2v) is 6.49. The third kappa shape index (κ3) is 4.53. The van der Waals surface area contributed by atoms with Gasteiger partial charge in [-0.1, -0.05) is 6.07 Å². The number of halogens is 1. The van der Waals surface area contributed by atoms with Gasteiger partial charge in [0.2, 0.25) is 5.91 Å². The fourth-order valence-corrected chi connectivity index (χ4v) is 3.11. The summed E-state index contributed by atoms with van der Waals surface area (Å²) < 4.78 is 18.7. The van der Waals surface area contributed by atoms with E-state index in [0.29, 0.717) is 35.8 Å². The second-order valence-electron chi connectivity index (χ2n) is 6.49. The maximum Gasteiger partial charge on any atom is 0.265 e. The smallest absolute Gasteiger partial charge is 0.265 e. The van der Waals surface area contributed by atoms with Crippen molar-refractivity contribution in [1.29, 1.82) is 0 Å². The first kappa shape index (κ1) is 20.3. The Bertz CT molecular complexity index is 943. The Kier molecular flexibility index (Phi) is 6.11. The lowest BCUT2D eigenvalue weighted by atomic mass is 10.1. The fourth-order valence-electron chi connectivity index (χ4n) is 3.11. The van der Waals surface area contributed by atoms with Gasteiger partial charge in [0.15, 0.2) is 6.61 Å². The summed E-state index contributed by atoms with van der Waals surface area (Å²) in [6.45, 7) is 4.40. The van der Waals surface area contributed by atoms with Gasteiger partial charge in [0.05, 0.1) is 5.69 Å². The lowest BCUT2D eigenvalue weighted by Gasteiger charge is -2.29. The van der Waals surface area contributed by atoms with E-state index in [1.165, 1.54) is 23.1 Å². The summed E-state index contributed by atoms with van der Waals surface area (Å²) in [5.41, 5.74) is 1.05. The zero-order chi connectivity index (χ0) is 21.0. The SMILES string of the molecule is CCN(CC)C(=O)c1ccc2c(c1)N(CC(=O)Nc1cccc(F)c1)C(=O)CO2. The number of benzene rings is 2. The number of nitrogens with zero attached hydrogens (tertiary/aromatic N) is 2. The standard InChI is InChI=1S/C21H22FN3O4/c1-3-24(4-2)21(28)14-8-9-18-17(10-14)25(20(27)13-29-18)12-19(26)23-16-7-5-6-15(22)11-16/h5-11H,3-4,12-13H2,1-2H3,(H,23,26). The Morgan fingerprint density at radius 1 is 1.17 bits per heavy atom. The monoisotopic (exact) mass is 399 g/mol. The number of carbonyl (C=O) groups excluding carboxylic acids is 3. The lowest BCUT2D eigenvalue weighted by Crippen LogP contribution is -2.43. The molecule has 1 aliphatic heterocycles. The molecule has 8 heteroatoms. The van der Waals surface area contributed by atoms with Crippen LogP contribution in [0.15, 0.2) is 42.5 Å². The van der Waals surface area contributed by atoms with Crippen molar-refractivity contribution in [2.75, 3.05) is 36.5 Å². The number of hydrogen-bond acceptors (Lipinski definition) is 4. The Balaban J connectivity index is 1.83. The summed E-state index contributed by atoms with van der Waals surface area (Å²) in [6, 6.07) is 10.3. The van der Waals surface area contributed by atoms with E-state index in [4.69, 9.17) is 4.74 Å². The van der Waals surface area contributed by atoms with Gasteiger partial charge < -0.3 is 15.0 Å². The van der Waals surface area contributed by atoms with Crippen LogP contribution in [-0.4, -0.2) is 48.9 Å². The highest BCUT2D eigenvalue weighted by Crippen LogP contribution is 2.33. The number of rotatable bonds is 6. The van der Waals surface area contributed by atoms with Crippen LogP contribution in [0.5, 0.6) is 5.75 Å². The molecule has 0 radical (unpaired) electrons. The largest absolute Gasteiger partial charge is 0.482 e. The van der Waals surface area contributed by atoms with Crippen molar-refractivity contribution in [3.63, 3.8) is 0 Å². The number of ether oxygens (including phenoxy) is 1. The van der Waals surface area contributed by atoms with Gasteiger partial charge >= 0.3 is 0 Å². The minimum Gasteiger partial charge on any atom is -0.482 e. The molecular formula is C21H22FN3O4. The topological polar surface area (TPSA) is 79.0 Å². The minimum absolute atomic E-state index is 0.167. The molecule has 0 saturated carbocycles. The zero-order valence-corrected chi connectivity index (χ0v) is 16.3. The molecule has 0 unspecified atom stereocenters. The van der Waals surface area contributed by atoms with E-state index in [1.807, 2.05) is 13.8 Å². The molecule has 2 aromatic carbocycles. The van der Waals surface area contributed by atoms with Crippen LogP contribution in [-0.2, 0) is 9.59 Å². The molecule has 0 atom stereocenters. The normalized spacial score (nSPS) is 12.8. The van der Waals surface area contributed by atoms with Crippen LogP contribution in [0.25, 0.3) is 0 Å². The van der Waals surface area contributed by atoms with Crippen LogP contribution in [0.2, 0.25) is 0 Å². The summed E-state index contributed by atoms with van der Waals surface area (Å²) in [5.74, 6) is -1.12. The first-order valence-electron chi connectivity index (χ1n) is 9.34. The quantitative estimate of drug-likeness (QED) is 0.810.